The Bertz CT molecular complexity index is 1600. The molecule has 12 nitrogen and oxygen atoms in total. The van der Waals surface area contributed by atoms with Crippen molar-refractivity contribution >= 4 is 35.0 Å². The van der Waals surface area contributed by atoms with Crippen molar-refractivity contribution in [1.82, 2.24) is 25.6 Å². The average molecular weight is 558 g/mol. The van der Waals surface area contributed by atoms with Gasteiger partial charge >= 0.3 is 5.97 Å². The molecule has 0 saturated heterocycles. The molecular weight excluding hydrogens is 530 g/mol. The quantitative estimate of drug-likeness (QED) is 0.201. The number of aromatic nitrogens is 3. The van der Waals surface area contributed by atoms with Crippen molar-refractivity contribution in [3.8, 4) is 17.0 Å². The third-order valence-electron chi connectivity index (χ3n) is 6.74. The van der Waals surface area contributed by atoms with Crippen LogP contribution in [0.3, 0.4) is 0 Å². The van der Waals surface area contributed by atoms with Gasteiger partial charge in [-0.25, -0.2) is 4.98 Å². The van der Waals surface area contributed by atoms with Gasteiger partial charge in [0.15, 0.2) is 0 Å². The van der Waals surface area contributed by atoms with Crippen molar-refractivity contribution in [2.45, 2.75) is 25.3 Å². The van der Waals surface area contributed by atoms with Crippen LogP contribution in [0.1, 0.15) is 46.3 Å². The van der Waals surface area contributed by atoms with Gasteiger partial charge in [-0.05, 0) is 41.0 Å². The van der Waals surface area contributed by atoms with Crippen LogP contribution in [0.15, 0.2) is 67.1 Å². The highest BCUT2D eigenvalue weighted by Crippen LogP contribution is 2.46. The molecule has 41 heavy (non-hydrogen) atoms. The summed E-state index contributed by atoms with van der Waals surface area (Å²) in [6.07, 6.45) is 6.17. The zero-order valence-corrected chi connectivity index (χ0v) is 21.9. The highest BCUT2D eigenvalue weighted by molar-refractivity contribution is 5.98. The molecule has 2 aromatic heterocycles. The highest BCUT2D eigenvalue weighted by atomic mass is 16.4. The van der Waals surface area contributed by atoms with Gasteiger partial charge in [-0.3, -0.25) is 24.2 Å². The topological polar surface area (TPSA) is 192 Å². The Kier molecular flexibility index (Phi) is 8.51. The fourth-order valence-electron chi connectivity index (χ4n) is 4.29. The van der Waals surface area contributed by atoms with Gasteiger partial charge in [0.05, 0.1) is 11.5 Å². The van der Waals surface area contributed by atoms with Gasteiger partial charge in [0.2, 0.25) is 11.7 Å². The maximum absolute atomic E-state index is 13.0. The number of aliphatic carboxylic acids is 1. The number of aromatic hydroxyl groups is 1. The summed E-state index contributed by atoms with van der Waals surface area (Å²) in [5, 5.41) is 33.7. The van der Waals surface area contributed by atoms with Crippen molar-refractivity contribution < 1.29 is 34.5 Å². The molecule has 1 aliphatic rings. The molecule has 1 fully saturated rings. The molecule has 0 bridgehead atoms. The Morgan fingerprint density at radius 2 is 1.76 bits per heavy atom. The molecule has 2 aromatic carbocycles. The van der Waals surface area contributed by atoms with E-state index in [4.69, 9.17) is 15.0 Å². The second kappa shape index (κ2) is 12.2. The molecule has 0 aliphatic heterocycles. The Morgan fingerprint density at radius 1 is 1.05 bits per heavy atom. The number of carboxylic acid groups (broad SMARTS) is 2. The van der Waals surface area contributed by atoms with E-state index in [0.717, 1.165) is 46.5 Å². The van der Waals surface area contributed by atoms with Crippen molar-refractivity contribution in [2.75, 3.05) is 6.54 Å². The van der Waals surface area contributed by atoms with Gasteiger partial charge in [-0.1, -0.05) is 49.4 Å². The number of benzene rings is 2. The minimum atomic E-state index is -1.06. The zero-order valence-electron chi connectivity index (χ0n) is 21.9. The van der Waals surface area contributed by atoms with E-state index in [0.29, 0.717) is 0 Å². The molecule has 2 amide bonds. The molecule has 5 N–H and O–H groups in total. The summed E-state index contributed by atoms with van der Waals surface area (Å²) in [6, 6.07) is 16.1. The van der Waals surface area contributed by atoms with Crippen LogP contribution in [0.5, 0.6) is 5.88 Å². The van der Waals surface area contributed by atoms with Gasteiger partial charge in [-0.2, -0.15) is 4.98 Å². The predicted octanol–water partition coefficient (Wildman–Crippen LogP) is 2.97. The lowest BCUT2D eigenvalue weighted by atomic mass is 9.96. The Balaban J connectivity index is 0.00000124. The van der Waals surface area contributed by atoms with E-state index in [2.05, 4.69) is 31.7 Å². The van der Waals surface area contributed by atoms with Gasteiger partial charge in [0.25, 0.3) is 18.3 Å². The van der Waals surface area contributed by atoms with Gasteiger partial charge in [0.1, 0.15) is 5.56 Å². The van der Waals surface area contributed by atoms with E-state index in [1.807, 2.05) is 48.7 Å². The van der Waals surface area contributed by atoms with E-state index < -0.39 is 35.1 Å². The molecule has 1 unspecified atom stereocenters. The lowest BCUT2D eigenvalue weighted by Gasteiger charge is -2.19. The van der Waals surface area contributed by atoms with Crippen molar-refractivity contribution in [3.63, 3.8) is 0 Å². The van der Waals surface area contributed by atoms with Crippen LogP contribution in [0, 0.1) is 5.92 Å². The second-order valence-corrected chi connectivity index (χ2v) is 9.50. The van der Waals surface area contributed by atoms with Crippen molar-refractivity contribution in [1.29, 1.82) is 0 Å². The molecule has 210 valence electrons. The molecule has 5 rings (SSSR count). The number of carboxylic acids is 1. The molecule has 1 atom stereocenters. The third kappa shape index (κ3) is 6.44. The van der Waals surface area contributed by atoms with Crippen LogP contribution in [0.2, 0.25) is 0 Å². The van der Waals surface area contributed by atoms with Crippen LogP contribution in [-0.4, -0.2) is 61.1 Å². The van der Waals surface area contributed by atoms with E-state index in [9.17, 15) is 19.5 Å². The maximum atomic E-state index is 13.0. The summed E-state index contributed by atoms with van der Waals surface area (Å²) in [4.78, 5) is 56.2. The van der Waals surface area contributed by atoms with E-state index in [1.54, 1.807) is 6.20 Å². The third-order valence-corrected chi connectivity index (χ3v) is 6.74. The first-order chi connectivity index (χ1) is 19.7. The number of nitrogens with one attached hydrogen (secondary N) is 2. The SMILES string of the molecule is CC(CNC(=O)c1ncc(C(=O)NC2(c3ccc(-c4cccc5cnccc45)cc3)CC2)c(O)n1)C(=O)O.O=CO. The summed E-state index contributed by atoms with van der Waals surface area (Å²) in [7, 11) is 0. The smallest absolute Gasteiger partial charge is 0.308 e. The first kappa shape index (κ1) is 28.6. The summed E-state index contributed by atoms with van der Waals surface area (Å²) in [6.45, 7) is 1.07. The molecule has 0 spiro atoms. The molecule has 12 heteroatoms. The van der Waals surface area contributed by atoms with Crippen molar-refractivity contribution in [3.05, 3.63) is 84.1 Å². The van der Waals surface area contributed by atoms with Crippen molar-refractivity contribution in [2.24, 2.45) is 5.92 Å². The van der Waals surface area contributed by atoms with Gasteiger partial charge in [-0.15, -0.1) is 0 Å². The number of hydrogen-bond acceptors (Lipinski definition) is 8. The highest BCUT2D eigenvalue weighted by Gasteiger charge is 2.46. The lowest BCUT2D eigenvalue weighted by molar-refractivity contribution is -0.140. The number of pyridine rings is 1. The molecule has 1 aliphatic carbocycles. The van der Waals surface area contributed by atoms with Crippen LogP contribution in [0.25, 0.3) is 21.9 Å². The summed E-state index contributed by atoms with van der Waals surface area (Å²) < 4.78 is 0. The second-order valence-electron chi connectivity index (χ2n) is 9.50. The number of amides is 2. The van der Waals surface area contributed by atoms with Gasteiger partial charge in [0, 0.05) is 30.5 Å². The maximum Gasteiger partial charge on any atom is 0.308 e. The number of hydrogen-bond donors (Lipinski definition) is 5. The number of carbonyl (C=O) groups is 4. The normalized spacial score (nSPS) is 13.7. The lowest BCUT2D eigenvalue weighted by Crippen LogP contribution is -2.35. The fraction of sp³-hybridized carbons (Fsp3) is 0.207. The fourth-order valence-corrected chi connectivity index (χ4v) is 4.29. The summed E-state index contributed by atoms with van der Waals surface area (Å²) in [5.41, 5.74) is 2.36. The standard InChI is InChI=1S/C28H25N5O5.CH2O2/c1-16(27(37)38)13-31-26(36)23-30-15-22(24(34)32-23)25(35)33-28(10-11-28)19-7-5-17(6-8-19)20-4-2-3-18-14-29-12-9-21(18)20;2-1-3/h2-9,12,14-16H,10-11,13H2,1H3,(H,31,36)(H,33,35)(H,37,38)(H,30,32,34);1H,(H,2,3). The average Bonchev–Trinajstić information content (AvgIpc) is 3.76. The molecule has 4 aromatic rings. The van der Waals surface area contributed by atoms with Crippen LogP contribution < -0.4 is 10.6 Å². The first-order valence-corrected chi connectivity index (χ1v) is 12.6. The number of fused-ring (bicyclic) bond motifs is 1. The Hall–Kier alpha value is -5.39. The van der Waals surface area contributed by atoms with Gasteiger partial charge < -0.3 is 26.0 Å². The molecule has 2 heterocycles. The summed E-state index contributed by atoms with van der Waals surface area (Å²) >= 11 is 0. The predicted molar refractivity (Wildman–Crippen MR) is 147 cm³/mol. The minimum absolute atomic E-state index is 0.125. The van der Waals surface area contributed by atoms with Crippen LogP contribution in [0.4, 0.5) is 0 Å². The molecule has 0 radical (unpaired) electrons. The largest absolute Gasteiger partial charge is 0.493 e. The van der Waals surface area contributed by atoms with E-state index >= 15 is 0 Å². The molecule has 1 saturated carbocycles. The first-order valence-electron chi connectivity index (χ1n) is 12.6. The minimum Gasteiger partial charge on any atom is -0.493 e. The number of rotatable bonds is 8. The van der Waals surface area contributed by atoms with Crippen LogP contribution >= 0.6 is 0 Å². The Morgan fingerprint density at radius 3 is 2.39 bits per heavy atom. The van der Waals surface area contributed by atoms with E-state index in [1.165, 1.54) is 6.92 Å². The number of nitrogens with zero attached hydrogens (tertiary/aromatic N) is 3. The van der Waals surface area contributed by atoms with E-state index in [-0.39, 0.29) is 24.4 Å². The monoisotopic (exact) mass is 557 g/mol. The van der Waals surface area contributed by atoms with Crippen LogP contribution in [-0.2, 0) is 15.1 Å². The zero-order chi connectivity index (χ0) is 29.6. The molecular formula is C29H27N5O7. The Labute approximate surface area is 234 Å². The summed E-state index contributed by atoms with van der Waals surface area (Å²) in [5.74, 6) is -4.16. The number of carbonyl (C=O) groups excluding carboxylic acids is 2.